The van der Waals surface area contributed by atoms with E-state index in [9.17, 15) is 0 Å². The standard InChI is InChI=1S/C17H20N4O2/c1-10-7-21(8-11(2)23-10)17-16-15(18-9-19-17)14-12(20-16)5-4-6-13(14)22-3/h4-6,9-11,20H,7-8H2,1-3H3/t10-,11-/m0/s1. The smallest absolute Gasteiger partial charge is 0.156 e. The first-order valence-electron chi connectivity index (χ1n) is 7.87. The second-order valence-electron chi connectivity index (χ2n) is 6.09. The zero-order chi connectivity index (χ0) is 16.0. The van der Waals surface area contributed by atoms with Crippen LogP contribution in [0.25, 0.3) is 21.9 Å². The van der Waals surface area contributed by atoms with Crippen LogP contribution in [-0.2, 0) is 4.74 Å². The lowest BCUT2D eigenvalue weighted by Crippen LogP contribution is -2.46. The van der Waals surface area contributed by atoms with Gasteiger partial charge in [0, 0.05) is 13.1 Å². The molecule has 1 saturated heterocycles. The van der Waals surface area contributed by atoms with Crippen LogP contribution in [0.15, 0.2) is 24.5 Å². The van der Waals surface area contributed by atoms with E-state index < -0.39 is 0 Å². The molecule has 0 bridgehead atoms. The van der Waals surface area contributed by atoms with Gasteiger partial charge in [0.25, 0.3) is 0 Å². The lowest BCUT2D eigenvalue weighted by Gasteiger charge is -2.36. The Kier molecular flexibility index (Phi) is 3.34. The van der Waals surface area contributed by atoms with Crippen molar-refractivity contribution < 1.29 is 9.47 Å². The van der Waals surface area contributed by atoms with E-state index in [1.165, 1.54) is 0 Å². The minimum Gasteiger partial charge on any atom is -0.496 e. The maximum atomic E-state index is 5.83. The molecule has 0 radical (unpaired) electrons. The van der Waals surface area contributed by atoms with Crippen molar-refractivity contribution in [2.45, 2.75) is 26.1 Å². The fourth-order valence-electron chi connectivity index (χ4n) is 3.46. The number of nitrogens with one attached hydrogen (secondary N) is 1. The van der Waals surface area contributed by atoms with Gasteiger partial charge in [-0.1, -0.05) is 6.07 Å². The lowest BCUT2D eigenvalue weighted by molar-refractivity contribution is -0.00538. The van der Waals surface area contributed by atoms with E-state index in [0.717, 1.165) is 46.6 Å². The molecule has 1 aliphatic heterocycles. The van der Waals surface area contributed by atoms with E-state index in [1.807, 2.05) is 18.2 Å². The van der Waals surface area contributed by atoms with Crippen LogP contribution in [0.5, 0.6) is 5.75 Å². The van der Waals surface area contributed by atoms with Gasteiger partial charge in [0.05, 0.1) is 30.2 Å². The average molecular weight is 312 g/mol. The molecule has 0 amide bonds. The Morgan fingerprint density at radius 3 is 2.74 bits per heavy atom. The minimum atomic E-state index is 0.183. The molecule has 3 aromatic rings. The highest BCUT2D eigenvalue weighted by Crippen LogP contribution is 2.35. The molecular formula is C17H20N4O2. The number of benzene rings is 1. The second kappa shape index (κ2) is 5.38. The van der Waals surface area contributed by atoms with Crippen molar-refractivity contribution >= 4 is 27.8 Å². The molecule has 4 rings (SSSR count). The Bertz CT molecular complexity index is 850. The molecule has 1 N–H and O–H groups in total. The highest BCUT2D eigenvalue weighted by atomic mass is 16.5. The predicted molar refractivity (Wildman–Crippen MR) is 90.2 cm³/mol. The molecule has 1 fully saturated rings. The molecule has 6 heteroatoms. The van der Waals surface area contributed by atoms with Crippen LogP contribution in [0.4, 0.5) is 5.82 Å². The minimum absolute atomic E-state index is 0.183. The van der Waals surface area contributed by atoms with Gasteiger partial charge in [0.2, 0.25) is 0 Å². The summed E-state index contributed by atoms with van der Waals surface area (Å²) in [5.41, 5.74) is 2.86. The molecular weight excluding hydrogens is 292 g/mol. The van der Waals surface area contributed by atoms with E-state index in [2.05, 4.69) is 33.7 Å². The van der Waals surface area contributed by atoms with Crippen molar-refractivity contribution in [1.29, 1.82) is 0 Å². The van der Waals surface area contributed by atoms with Crippen LogP contribution in [0.2, 0.25) is 0 Å². The van der Waals surface area contributed by atoms with E-state index >= 15 is 0 Å². The van der Waals surface area contributed by atoms with Crippen molar-refractivity contribution in [1.82, 2.24) is 15.0 Å². The molecule has 0 unspecified atom stereocenters. The van der Waals surface area contributed by atoms with Gasteiger partial charge in [-0.2, -0.15) is 0 Å². The van der Waals surface area contributed by atoms with Gasteiger partial charge in [0.15, 0.2) is 5.82 Å². The number of hydrogen-bond donors (Lipinski definition) is 1. The summed E-state index contributed by atoms with van der Waals surface area (Å²) in [6.45, 7) is 5.83. The lowest BCUT2D eigenvalue weighted by atomic mass is 10.2. The van der Waals surface area contributed by atoms with E-state index in [0.29, 0.717) is 0 Å². The summed E-state index contributed by atoms with van der Waals surface area (Å²) in [5.74, 6) is 1.75. The average Bonchev–Trinajstić information content (AvgIpc) is 2.92. The van der Waals surface area contributed by atoms with Crippen LogP contribution in [0.3, 0.4) is 0 Å². The van der Waals surface area contributed by atoms with E-state index in [1.54, 1.807) is 13.4 Å². The summed E-state index contributed by atoms with van der Waals surface area (Å²) in [5, 5.41) is 1.00. The third-order valence-corrected chi connectivity index (χ3v) is 4.29. The van der Waals surface area contributed by atoms with Crippen molar-refractivity contribution in [2.24, 2.45) is 0 Å². The molecule has 0 aliphatic carbocycles. The number of nitrogens with zero attached hydrogens (tertiary/aromatic N) is 3. The number of ether oxygens (including phenoxy) is 2. The highest BCUT2D eigenvalue weighted by Gasteiger charge is 2.26. The summed E-state index contributed by atoms with van der Waals surface area (Å²) < 4.78 is 11.3. The first-order valence-corrected chi connectivity index (χ1v) is 7.87. The van der Waals surface area contributed by atoms with Crippen molar-refractivity contribution in [3.63, 3.8) is 0 Å². The Morgan fingerprint density at radius 1 is 1.22 bits per heavy atom. The Hall–Kier alpha value is -2.34. The highest BCUT2D eigenvalue weighted by molar-refractivity contribution is 6.11. The van der Waals surface area contributed by atoms with E-state index in [-0.39, 0.29) is 12.2 Å². The largest absolute Gasteiger partial charge is 0.496 e. The first kappa shape index (κ1) is 14.3. The maximum absolute atomic E-state index is 5.83. The van der Waals surface area contributed by atoms with Crippen LogP contribution in [0.1, 0.15) is 13.8 Å². The van der Waals surface area contributed by atoms with E-state index in [4.69, 9.17) is 9.47 Å². The van der Waals surface area contributed by atoms with Gasteiger partial charge in [-0.25, -0.2) is 9.97 Å². The zero-order valence-corrected chi connectivity index (χ0v) is 13.5. The number of H-pyrrole nitrogens is 1. The predicted octanol–water partition coefficient (Wildman–Crippen LogP) is 2.73. The zero-order valence-electron chi connectivity index (χ0n) is 13.5. The van der Waals surface area contributed by atoms with Gasteiger partial charge in [0.1, 0.15) is 23.1 Å². The Balaban J connectivity index is 1.91. The molecule has 6 nitrogen and oxygen atoms in total. The van der Waals surface area contributed by atoms with Gasteiger partial charge >= 0.3 is 0 Å². The number of anilines is 1. The number of fused-ring (bicyclic) bond motifs is 3. The number of methoxy groups -OCH3 is 1. The fourth-order valence-corrected chi connectivity index (χ4v) is 3.46. The van der Waals surface area contributed by atoms with Crippen LogP contribution >= 0.6 is 0 Å². The summed E-state index contributed by atoms with van der Waals surface area (Å²) in [4.78, 5) is 14.8. The number of morpholine rings is 1. The van der Waals surface area contributed by atoms with Gasteiger partial charge in [-0.05, 0) is 26.0 Å². The normalized spacial score (nSPS) is 22.0. The molecule has 120 valence electrons. The van der Waals surface area contributed by atoms with Crippen LogP contribution in [0, 0.1) is 0 Å². The second-order valence-corrected chi connectivity index (χ2v) is 6.09. The Labute approximate surface area is 134 Å². The molecule has 1 aliphatic rings. The molecule has 1 aromatic carbocycles. The maximum Gasteiger partial charge on any atom is 0.156 e. The SMILES string of the molecule is COc1cccc2[nH]c3c(N4C[C@H](C)O[C@@H](C)C4)ncnc3c12. The van der Waals surface area contributed by atoms with Crippen LogP contribution < -0.4 is 9.64 Å². The Morgan fingerprint density at radius 2 is 2.00 bits per heavy atom. The monoisotopic (exact) mass is 312 g/mol. The topological polar surface area (TPSA) is 63.3 Å². The quantitative estimate of drug-likeness (QED) is 0.788. The van der Waals surface area contributed by atoms with Crippen LogP contribution in [-0.4, -0.2) is 47.4 Å². The van der Waals surface area contributed by atoms with Gasteiger partial charge < -0.3 is 19.4 Å². The summed E-state index contributed by atoms with van der Waals surface area (Å²) in [6, 6.07) is 5.96. The van der Waals surface area contributed by atoms with Crippen molar-refractivity contribution in [3.8, 4) is 5.75 Å². The molecule has 0 spiro atoms. The molecule has 0 saturated carbocycles. The molecule has 2 aromatic heterocycles. The summed E-state index contributed by atoms with van der Waals surface area (Å²) >= 11 is 0. The summed E-state index contributed by atoms with van der Waals surface area (Å²) in [6.07, 6.45) is 1.99. The molecule has 23 heavy (non-hydrogen) atoms. The summed E-state index contributed by atoms with van der Waals surface area (Å²) in [7, 11) is 1.68. The third-order valence-electron chi connectivity index (χ3n) is 4.29. The number of aromatic amines is 1. The number of rotatable bonds is 2. The molecule has 2 atom stereocenters. The van der Waals surface area contributed by atoms with Gasteiger partial charge in [-0.15, -0.1) is 0 Å². The van der Waals surface area contributed by atoms with Crippen molar-refractivity contribution in [2.75, 3.05) is 25.1 Å². The van der Waals surface area contributed by atoms with Crippen molar-refractivity contribution in [3.05, 3.63) is 24.5 Å². The first-order chi connectivity index (χ1) is 11.2. The number of hydrogen-bond acceptors (Lipinski definition) is 5. The number of aromatic nitrogens is 3. The molecule has 3 heterocycles. The van der Waals surface area contributed by atoms with Gasteiger partial charge in [-0.3, -0.25) is 0 Å². The third kappa shape index (κ3) is 2.30. The fraction of sp³-hybridized carbons (Fsp3) is 0.412.